The van der Waals surface area contributed by atoms with Crippen LogP contribution in [-0.2, 0) is 0 Å². The Morgan fingerprint density at radius 2 is 2.00 bits per heavy atom. The van der Waals surface area contributed by atoms with Gasteiger partial charge in [-0.05, 0) is 30.4 Å². The highest BCUT2D eigenvalue weighted by atomic mass is 32.2. The van der Waals surface area contributed by atoms with Gasteiger partial charge in [0.25, 0.3) is 0 Å². The van der Waals surface area contributed by atoms with E-state index in [9.17, 15) is 4.39 Å². The van der Waals surface area contributed by atoms with Gasteiger partial charge < -0.3 is 5.32 Å². The zero-order valence-electron chi connectivity index (χ0n) is 9.29. The van der Waals surface area contributed by atoms with E-state index in [2.05, 4.69) is 19.2 Å². The molecule has 0 radical (unpaired) electrons. The molecule has 0 aliphatic heterocycles. The molecule has 0 saturated heterocycles. The third-order valence-electron chi connectivity index (χ3n) is 2.27. The normalized spacial score (nSPS) is 12.7. The highest BCUT2D eigenvalue weighted by Crippen LogP contribution is 2.12. The van der Waals surface area contributed by atoms with E-state index in [1.54, 1.807) is 0 Å². The summed E-state index contributed by atoms with van der Waals surface area (Å²) in [5, 5.41) is 3.41. The SMILES string of the molecule is CCSCCN[C@H](C)c1ccc(F)cc1. The first-order chi connectivity index (χ1) is 7.24. The first kappa shape index (κ1) is 12.5. The Labute approximate surface area is 95.5 Å². The van der Waals surface area contributed by atoms with Crippen LogP contribution in [0.3, 0.4) is 0 Å². The van der Waals surface area contributed by atoms with Gasteiger partial charge >= 0.3 is 0 Å². The van der Waals surface area contributed by atoms with Crippen LogP contribution < -0.4 is 5.32 Å². The molecular formula is C12H18FNS. The molecule has 0 amide bonds. The lowest BCUT2D eigenvalue weighted by molar-refractivity contribution is 0.594. The molecule has 1 aromatic rings. The first-order valence-electron chi connectivity index (χ1n) is 5.30. The predicted octanol–water partition coefficient (Wildman–Crippen LogP) is 3.23. The second-order valence-electron chi connectivity index (χ2n) is 3.42. The van der Waals surface area contributed by atoms with Gasteiger partial charge in [0.2, 0.25) is 0 Å². The molecule has 0 heterocycles. The Balaban J connectivity index is 2.33. The van der Waals surface area contributed by atoms with Gasteiger partial charge in [-0.2, -0.15) is 11.8 Å². The van der Waals surface area contributed by atoms with E-state index in [1.807, 2.05) is 23.9 Å². The molecule has 84 valence electrons. The maximum atomic E-state index is 12.7. The summed E-state index contributed by atoms with van der Waals surface area (Å²) in [5.74, 6) is 2.11. The highest BCUT2D eigenvalue weighted by Gasteiger charge is 2.03. The Kier molecular flexibility index (Phi) is 5.73. The van der Waals surface area contributed by atoms with Crippen LogP contribution in [0.5, 0.6) is 0 Å². The van der Waals surface area contributed by atoms with Crippen molar-refractivity contribution >= 4 is 11.8 Å². The number of halogens is 1. The van der Waals surface area contributed by atoms with Crippen LogP contribution >= 0.6 is 11.8 Å². The van der Waals surface area contributed by atoms with Crippen LogP contribution in [0.1, 0.15) is 25.5 Å². The molecule has 1 N–H and O–H groups in total. The van der Waals surface area contributed by atoms with E-state index in [-0.39, 0.29) is 5.82 Å². The molecule has 3 heteroatoms. The van der Waals surface area contributed by atoms with Crippen molar-refractivity contribution in [2.24, 2.45) is 0 Å². The summed E-state index contributed by atoms with van der Waals surface area (Å²) in [5.41, 5.74) is 1.14. The van der Waals surface area contributed by atoms with Gasteiger partial charge in [0.05, 0.1) is 0 Å². The van der Waals surface area contributed by atoms with Crippen LogP contribution in [-0.4, -0.2) is 18.1 Å². The predicted molar refractivity (Wildman–Crippen MR) is 65.8 cm³/mol. The monoisotopic (exact) mass is 227 g/mol. The van der Waals surface area contributed by atoms with Crippen LogP contribution in [0.4, 0.5) is 4.39 Å². The molecule has 1 atom stereocenters. The van der Waals surface area contributed by atoms with E-state index < -0.39 is 0 Å². The summed E-state index contributed by atoms with van der Waals surface area (Å²) in [6.07, 6.45) is 0. The molecule has 0 aliphatic carbocycles. The minimum absolute atomic E-state index is 0.174. The van der Waals surface area contributed by atoms with E-state index in [0.717, 1.165) is 23.6 Å². The molecule has 1 aromatic carbocycles. The molecule has 0 spiro atoms. The van der Waals surface area contributed by atoms with E-state index in [1.165, 1.54) is 12.1 Å². The maximum Gasteiger partial charge on any atom is 0.123 e. The van der Waals surface area contributed by atoms with Gasteiger partial charge in [-0.1, -0.05) is 19.1 Å². The first-order valence-corrected chi connectivity index (χ1v) is 6.46. The highest BCUT2D eigenvalue weighted by molar-refractivity contribution is 7.99. The third-order valence-corrected chi connectivity index (χ3v) is 3.17. The lowest BCUT2D eigenvalue weighted by Crippen LogP contribution is -2.21. The van der Waals surface area contributed by atoms with Gasteiger partial charge in [-0.3, -0.25) is 0 Å². The smallest absolute Gasteiger partial charge is 0.123 e. The van der Waals surface area contributed by atoms with E-state index in [4.69, 9.17) is 0 Å². The second-order valence-corrected chi connectivity index (χ2v) is 4.82. The maximum absolute atomic E-state index is 12.7. The van der Waals surface area contributed by atoms with Crippen molar-refractivity contribution in [3.8, 4) is 0 Å². The van der Waals surface area contributed by atoms with Crippen molar-refractivity contribution in [2.45, 2.75) is 19.9 Å². The van der Waals surface area contributed by atoms with Gasteiger partial charge in [0.1, 0.15) is 5.82 Å². The van der Waals surface area contributed by atoms with Gasteiger partial charge in [0, 0.05) is 18.3 Å². The topological polar surface area (TPSA) is 12.0 Å². The number of hydrogen-bond acceptors (Lipinski definition) is 2. The number of nitrogens with one attached hydrogen (secondary N) is 1. The molecule has 0 bridgehead atoms. The lowest BCUT2D eigenvalue weighted by atomic mass is 10.1. The van der Waals surface area contributed by atoms with Crippen LogP contribution in [0.25, 0.3) is 0 Å². The van der Waals surface area contributed by atoms with Crippen molar-refractivity contribution in [1.29, 1.82) is 0 Å². The van der Waals surface area contributed by atoms with Crippen molar-refractivity contribution in [1.82, 2.24) is 5.32 Å². The molecular weight excluding hydrogens is 209 g/mol. The molecule has 15 heavy (non-hydrogen) atoms. The zero-order chi connectivity index (χ0) is 11.1. The average molecular weight is 227 g/mol. The fraction of sp³-hybridized carbons (Fsp3) is 0.500. The quantitative estimate of drug-likeness (QED) is 0.749. The van der Waals surface area contributed by atoms with Crippen molar-refractivity contribution < 1.29 is 4.39 Å². The van der Waals surface area contributed by atoms with Crippen LogP contribution in [0, 0.1) is 5.82 Å². The summed E-state index contributed by atoms with van der Waals surface area (Å²) in [7, 11) is 0. The van der Waals surface area contributed by atoms with Gasteiger partial charge in [-0.15, -0.1) is 0 Å². The summed E-state index contributed by atoms with van der Waals surface area (Å²) in [4.78, 5) is 0. The molecule has 1 rings (SSSR count). The molecule has 0 saturated carbocycles. The van der Waals surface area contributed by atoms with Gasteiger partial charge in [-0.25, -0.2) is 4.39 Å². The van der Waals surface area contributed by atoms with Crippen LogP contribution in [0.15, 0.2) is 24.3 Å². The number of benzene rings is 1. The standard InChI is InChI=1S/C12H18FNS/c1-3-15-9-8-14-10(2)11-4-6-12(13)7-5-11/h4-7,10,14H,3,8-9H2,1-2H3/t10-/m1/s1. The minimum atomic E-state index is -0.174. The fourth-order valence-corrected chi connectivity index (χ4v) is 1.91. The minimum Gasteiger partial charge on any atom is -0.309 e. The Bertz CT molecular complexity index is 273. The number of thioether (sulfide) groups is 1. The lowest BCUT2D eigenvalue weighted by Gasteiger charge is -2.13. The molecule has 0 fully saturated rings. The van der Waals surface area contributed by atoms with Crippen LogP contribution in [0.2, 0.25) is 0 Å². The Hall–Kier alpha value is -0.540. The van der Waals surface area contributed by atoms with Crippen molar-refractivity contribution in [3.05, 3.63) is 35.6 Å². The summed E-state index contributed by atoms with van der Waals surface area (Å²) < 4.78 is 12.7. The molecule has 0 unspecified atom stereocenters. The summed E-state index contributed by atoms with van der Waals surface area (Å²) >= 11 is 1.93. The zero-order valence-corrected chi connectivity index (χ0v) is 10.1. The molecule has 0 aliphatic rings. The Morgan fingerprint density at radius 3 is 2.60 bits per heavy atom. The van der Waals surface area contributed by atoms with Crippen molar-refractivity contribution in [3.63, 3.8) is 0 Å². The van der Waals surface area contributed by atoms with Crippen molar-refractivity contribution in [2.75, 3.05) is 18.1 Å². The summed E-state index contributed by atoms with van der Waals surface area (Å²) in [6.45, 7) is 5.26. The average Bonchev–Trinajstić information content (AvgIpc) is 2.25. The third kappa shape index (κ3) is 4.67. The number of hydrogen-bond donors (Lipinski definition) is 1. The molecule has 0 aromatic heterocycles. The van der Waals surface area contributed by atoms with Gasteiger partial charge in [0.15, 0.2) is 0 Å². The number of rotatable bonds is 6. The second kappa shape index (κ2) is 6.85. The largest absolute Gasteiger partial charge is 0.309 e. The summed E-state index contributed by atoms with van der Waals surface area (Å²) in [6, 6.07) is 6.98. The molecule has 1 nitrogen and oxygen atoms in total. The van der Waals surface area contributed by atoms with E-state index in [0.29, 0.717) is 6.04 Å². The fourth-order valence-electron chi connectivity index (χ4n) is 1.36. The van der Waals surface area contributed by atoms with E-state index >= 15 is 0 Å². The Morgan fingerprint density at radius 1 is 1.33 bits per heavy atom.